The van der Waals surface area contributed by atoms with Crippen molar-refractivity contribution in [3.05, 3.63) is 18.1 Å². The van der Waals surface area contributed by atoms with E-state index in [9.17, 15) is 15.0 Å². The van der Waals surface area contributed by atoms with Gasteiger partial charge in [0.1, 0.15) is 11.9 Å². The summed E-state index contributed by atoms with van der Waals surface area (Å²) in [4.78, 5) is 17.9. The van der Waals surface area contributed by atoms with Crippen molar-refractivity contribution in [2.24, 2.45) is 5.73 Å². The fraction of sp³-hybridized carbons (Fsp3) is 0.375. The highest BCUT2D eigenvalue weighted by Gasteiger charge is 2.21. The summed E-state index contributed by atoms with van der Waals surface area (Å²) < 4.78 is 0. The summed E-state index contributed by atoms with van der Waals surface area (Å²) in [5.74, 6) is -0.500. The molecule has 1 aromatic heterocycles. The molecule has 1 heterocycles. The summed E-state index contributed by atoms with van der Waals surface area (Å²) in [6.45, 7) is 0. The molecule has 1 amide bonds. The molecule has 7 nitrogen and oxygen atoms in total. The van der Waals surface area contributed by atoms with Crippen molar-refractivity contribution < 1.29 is 15.0 Å². The molecule has 0 aliphatic heterocycles. The van der Waals surface area contributed by atoms with Crippen molar-refractivity contribution in [1.29, 1.82) is 0 Å². The molecule has 1 aromatic rings. The van der Waals surface area contributed by atoms with Crippen LogP contribution in [0, 0.1) is 0 Å². The Balaban J connectivity index is 2.71. The van der Waals surface area contributed by atoms with Gasteiger partial charge in [0.2, 0.25) is 5.91 Å². The number of rotatable bonds is 4. The van der Waals surface area contributed by atoms with E-state index in [0.29, 0.717) is 0 Å². The molecular weight excluding hydrogens is 200 g/mol. The SMILES string of the molecule is NC(=O)CC(O)C(O)c1cnc(N)cn1. The molecule has 0 bridgehead atoms. The Morgan fingerprint density at radius 2 is 2.07 bits per heavy atom. The van der Waals surface area contributed by atoms with Gasteiger partial charge in [-0.05, 0) is 0 Å². The van der Waals surface area contributed by atoms with E-state index in [1.54, 1.807) is 0 Å². The number of nitrogens with zero attached hydrogens (tertiary/aromatic N) is 2. The second kappa shape index (κ2) is 4.67. The lowest BCUT2D eigenvalue weighted by molar-refractivity contribution is -0.121. The third-order valence-electron chi connectivity index (χ3n) is 1.77. The topological polar surface area (TPSA) is 135 Å². The van der Waals surface area contributed by atoms with Crippen molar-refractivity contribution >= 4 is 11.7 Å². The molecule has 0 aliphatic rings. The van der Waals surface area contributed by atoms with Crippen molar-refractivity contribution in [3.8, 4) is 0 Å². The van der Waals surface area contributed by atoms with E-state index in [2.05, 4.69) is 9.97 Å². The molecule has 6 N–H and O–H groups in total. The summed E-state index contributed by atoms with van der Waals surface area (Å²) in [6.07, 6.45) is -0.460. The molecule has 0 radical (unpaired) electrons. The minimum atomic E-state index is -1.30. The highest BCUT2D eigenvalue weighted by molar-refractivity contribution is 5.74. The van der Waals surface area contributed by atoms with Crippen LogP contribution in [0.1, 0.15) is 18.2 Å². The Kier molecular flexibility index (Phi) is 3.53. The monoisotopic (exact) mass is 212 g/mol. The second-order valence-electron chi connectivity index (χ2n) is 3.05. The third-order valence-corrected chi connectivity index (χ3v) is 1.77. The first-order chi connectivity index (χ1) is 7.00. The highest BCUT2D eigenvalue weighted by atomic mass is 16.3. The van der Waals surface area contributed by atoms with Gasteiger partial charge in [0.15, 0.2) is 0 Å². The molecule has 2 unspecified atom stereocenters. The molecule has 2 atom stereocenters. The lowest BCUT2D eigenvalue weighted by Crippen LogP contribution is -2.26. The van der Waals surface area contributed by atoms with E-state index in [1.807, 2.05) is 0 Å². The number of carbonyl (C=O) groups excluding carboxylic acids is 1. The molecule has 0 fully saturated rings. The van der Waals surface area contributed by atoms with Crippen LogP contribution in [-0.2, 0) is 4.79 Å². The fourth-order valence-corrected chi connectivity index (χ4v) is 1.02. The smallest absolute Gasteiger partial charge is 0.220 e. The molecule has 82 valence electrons. The quantitative estimate of drug-likeness (QED) is 0.471. The number of nitrogen functional groups attached to an aromatic ring is 1. The summed E-state index contributed by atoms with van der Waals surface area (Å²) in [7, 11) is 0. The van der Waals surface area contributed by atoms with Crippen molar-refractivity contribution in [2.75, 3.05) is 5.73 Å². The molecular formula is C8H12N4O3. The first-order valence-corrected chi connectivity index (χ1v) is 4.22. The van der Waals surface area contributed by atoms with E-state index in [1.165, 1.54) is 12.4 Å². The van der Waals surface area contributed by atoms with Crippen molar-refractivity contribution in [1.82, 2.24) is 9.97 Å². The van der Waals surface area contributed by atoms with E-state index in [0.717, 1.165) is 0 Å². The van der Waals surface area contributed by atoms with Crippen LogP contribution < -0.4 is 11.5 Å². The number of hydrogen-bond donors (Lipinski definition) is 4. The minimum absolute atomic E-state index is 0.137. The number of hydrogen-bond acceptors (Lipinski definition) is 6. The largest absolute Gasteiger partial charge is 0.389 e. The Labute approximate surface area is 85.8 Å². The summed E-state index contributed by atoms with van der Waals surface area (Å²) in [5, 5.41) is 18.9. The Bertz CT molecular complexity index is 340. The van der Waals surface area contributed by atoms with Gasteiger partial charge in [0.05, 0.1) is 30.6 Å². The average Bonchev–Trinajstić information content (AvgIpc) is 2.17. The summed E-state index contributed by atoms with van der Waals surface area (Å²) in [6, 6.07) is 0. The van der Waals surface area contributed by atoms with E-state index < -0.39 is 18.1 Å². The van der Waals surface area contributed by atoms with E-state index in [4.69, 9.17) is 11.5 Å². The van der Waals surface area contributed by atoms with Gasteiger partial charge in [-0.25, -0.2) is 4.98 Å². The minimum Gasteiger partial charge on any atom is -0.389 e. The fourth-order valence-electron chi connectivity index (χ4n) is 1.02. The van der Waals surface area contributed by atoms with Gasteiger partial charge < -0.3 is 21.7 Å². The lowest BCUT2D eigenvalue weighted by atomic mass is 10.1. The number of aliphatic hydroxyl groups is 2. The zero-order valence-electron chi connectivity index (χ0n) is 7.87. The van der Waals surface area contributed by atoms with Crippen LogP contribution in [0.4, 0.5) is 5.82 Å². The number of carbonyl (C=O) groups is 1. The van der Waals surface area contributed by atoms with Crippen LogP contribution >= 0.6 is 0 Å². The lowest BCUT2D eigenvalue weighted by Gasteiger charge is -2.15. The summed E-state index contributed by atoms with van der Waals surface area (Å²) in [5.41, 5.74) is 10.3. The molecule has 0 saturated carbocycles. The maximum Gasteiger partial charge on any atom is 0.220 e. The number of anilines is 1. The van der Waals surface area contributed by atoms with E-state index >= 15 is 0 Å². The molecule has 0 aromatic carbocycles. The van der Waals surface area contributed by atoms with Gasteiger partial charge in [0, 0.05) is 0 Å². The molecule has 7 heteroatoms. The number of primary amides is 1. The van der Waals surface area contributed by atoms with Crippen LogP contribution in [0.2, 0.25) is 0 Å². The molecule has 0 aliphatic carbocycles. The van der Waals surface area contributed by atoms with Gasteiger partial charge in [-0.1, -0.05) is 0 Å². The van der Waals surface area contributed by atoms with Crippen LogP contribution in [0.5, 0.6) is 0 Å². The van der Waals surface area contributed by atoms with Gasteiger partial charge >= 0.3 is 0 Å². The maximum atomic E-state index is 10.5. The highest BCUT2D eigenvalue weighted by Crippen LogP contribution is 2.15. The molecule has 0 spiro atoms. The first-order valence-electron chi connectivity index (χ1n) is 4.22. The zero-order valence-corrected chi connectivity index (χ0v) is 7.87. The molecule has 1 rings (SSSR count). The summed E-state index contributed by atoms with van der Waals surface area (Å²) >= 11 is 0. The Morgan fingerprint density at radius 3 is 2.53 bits per heavy atom. The van der Waals surface area contributed by atoms with Crippen LogP contribution in [0.15, 0.2) is 12.4 Å². The standard InChI is InChI=1S/C8H12N4O3/c9-6-3-11-4(2-12-6)8(15)5(13)1-7(10)14/h2-3,5,8,13,15H,1H2,(H2,9,12)(H2,10,14). The number of amides is 1. The Hall–Kier alpha value is -1.73. The number of aliphatic hydroxyl groups excluding tert-OH is 2. The van der Waals surface area contributed by atoms with Gasteiger partial charge in [-0.2, -0.15) is 0 Å². The predicted octanol–water partition coefficient (Wildman–Crippen LogP) is -1.67. The number of nitrogens with two attached hydrogens (primary N) is 2. The molecule has 0 saturated heterocycles. The van der Waals surface area contributed by atoms with E-state index in [-0.39, 0.29) is 17.9 Å². The zero-order chi connectivity index (χ0) is 11.4. The average molecular weight is 212 g/mol. The van der Waals surface area contributed by atoms with Crippen LogP contribution in [0.3, 0.4) is 0 Å². The van der Waals surface area contributed by atoms with Crippen LogP contribution in [-0.4, -0.2) is 32.2 Å². The normalized spacial score (nSPS) is 14.5. The van der Waals surface area contributed by atoms with Gasteiger partial charge in [0.25, 0.3) is 0 Å². The van der Waals surface area contributed by atoms with Crippen molar-refractivity contribution in [2.45, 2.75) is 18.6 Å². The van der Waals surface area contributed by atoms with Crippen LogP contribution in [0.25, 0.3) is 0 Å². The van der Waals surface area contributed by atoms with Gasteiger partial charge in [-0.3, -0.25) is 9.78 Å². The predicted molar refractivity (Wildman–Crippen MR) is 51.2 cm³/mol. The number of aromatic nitrogens is 2. The van der Waals surface area contributed by atoms with Crippen molar-refractivity contribution in [3.63, 3.8) is 0 Å². The maximum absolute atomic E-state index is 10.5. The first kappa shape index (κ1) is 11.3. The second-order valence-corrected chi connectivity index (χ2v) is 3.05. The molecule has 15 heavy (non-hydrogen) atoms. The Morgan fingerprint density at radius 1 is 1.40 bits per heavy atom. The van der Waals surface area contributed by atoms with Gasteiger partial charge in [-0.15, -0.1) is 0 Å². The third kappa shape index (κ3) is 3.15.